The topological polar surface area (TPSA) is 41.6 Å². The number of aromatic amines is 1. The van der Waals surface area contributed by atoms with Crippen molar-refractivity contribution >= 4 is 35.0 Å². The molecule has 0 aromatic carbocycles. The quantitative estimate of drug-likeness (QED) is 0.679. The highest BCUT2D eigenvalue weighted by molar-refractivity contribution is 7.98. The number of nitrogens with one attached hydrogen (secondary N) is 1. The zero-order valence-corrected chi connectivity index (χ0v) is 9.90. The van der Waals surface area contributed by atoms with E-state index in [1.807, 2.05) is 0 Å². The Balaban J connectivity index is 2.07. The van der Waals surface area contributed by atoms with Crippen LogP contribution < -0.4 is 0 Å². The van der Waals surface area contributed by atoms with Crippen molar-refractivity contribution in [1.82, 2.24) is 15.0 Å². The van der Waals surface area contributed by atoms with E-state index in [-0.39, 0.29) is 0 Å². The van der Waals surface area contributed by atoms with E-state index in [1.165, 1.54) is 11.8 Å². The summed E-state index contributed by atoms with van der Waals surface area (Å²) in [5.41, 5.74) is 0.769. The maximum Gasteiger partial charge on any atom is 0.165 e. The highest BCUT2D eigenvalue weighted by Gasteiger charge is 2.04. The van der Waals surface area contributed by atoms with Crippen molar-refractivity contribution in [2.24, 2.45) is 0 Å². The van der Waals surface area contributed by atoms with Gasteiger partial charge in [0.15, 0.2) is 5.16 Å². The molecule has 0 radical (unpaired) electrons. The van der Waals surface area contributed by atoms with E-state index in [4.69, 9.17) is 23.2 Å². The number of halogens is 2. The van der Waals surface area contributed by atoms with Crippen LogP contribution in [0.15, 0.2) is 29.7 Å². The van der Waals surface area contributed by atoms with Gasteiger partial charge in [-0.05, 0) is 12.1 Å². The minimum absolute atomic E-state index is 0.453. The first-order valence-corrected chi connectivity index (χ1v) is 5.93. The Hall–Kier alpha value is -0.710. The monoisotopic (exact) mass is 259 g/mol. The number of pyridine rings is 1. The number of aromatic nitrogens is 3. The Kier molecular flexibility index (Phi) is 3.51. The molecule has 0 saturated carbocycles. The van der Waals surface area contributed by atoms with Crippen LogP contribution in [0.1, 0.15) is 5.69 Å². The molecule has 2 heterocycles. The highest BCUT2D eigenvalue weighted by atomic mass is 35.5. The molecule has 6 heteroatoms. The standard InChI is InChI=1S/C9H7Cl2N3S/c10-6-1-2-8(11)14-7(6)5-15-9-12-3-4-13-9/h1-4H,5H2,(H,12,13). The number of hydrogen-bond donors (Lipinski definition) is 1. The van der Waals surface area contributed by atoms with Gasteiger partial charge >= 0.3 is 0 Å². The molecule has 1 N–H and O–H groups in total. The Morgan fingerprint density at radius 1 is 1.33 bits per heavy atom. The lowest BCUT2D eigenvalue weighted by molar-refractivity contribution is 1.05. The lowest BCUT2D eigenvalue weighted by Crippen LogP contribution is -1.89. The average Bonchev–Trinajstić information content (AvgIpc) is 2.72. The van der Waals surface area contributed by atoms with Crippen molar-refractivity contribution in [3.05, 3.63) is 40.4 Å². The van der Waals surface area contributed by atoms with Crippen LogP contribution in [0.2, 0.25) is 10.2 Å². The van der Waals surface area contributed by atoms with Crippen LogP contribution in [0.4, 0.5) is 0 Å². The first-order chi connectivity index (χ1) is 7.25. The van der Waals surface area contributed by atoms with Crippen LogP contribution in [0.5, 0.6) is 0 Å². The highest BCUT2D eigenvalue weighted by Crippen LogP contribution is 2.24. The molecule has 0 saturated heterocycles. The molecule has 2 rings (SSSR count). The van der Waals surface area contributed by atoms with Gasteiger partial charge in [-0.25, -0.2) is 9.97 Å². The van der Waals surface area contributed by atoms with E-state index in [0.717, 1.165) is 10.9 Å². The number of hydrogen-bond acceptors (Lipinski definition) is 3. The fraction of sp³-hybridized carbons (Fsp3) is 0.111. The summed E-state index contributed by atoms with van der Waals surface area (Å²) < 4.78 is 0. The normalized spacial score (nSPS) is 10.5. The summed E-state index contributed by atoms with van der Waals surface area (Å²) in [6.07, 6.45) is 3.48. The second-order valence-electron chi connectivity index (χ2n) is 2.75. The van der Waals surface area contributed by atoms with Crippen molar-refractivity contribution in [3.8, 4) is 0 Å². The summed E-state index contributed by atoms with van der Waals surface area (Å²) in [5, 5.41) is 1.92. The number of H-pyrrole nitrogens is 1. The molecule has 78 valence electrons. The molecule has 0 aliphatic carbocycles. The minimum Gasteiger partial charge on any atom is -0.340 e. The smallest absolute Gasteiger partial charge is 0.165 e. The van der Waals surface area contributed by atoms with E-state index in [9.17, 15) is 0 Å². The van der Waals surface area contributed by atoms with Gasteiger partial charge in [-0.1, -0.05) is 35.0 Å². The van der Waals surface area contributed by atoms with E-state index in [2.05, 4.69) is 15.0 Å². The number of nitrogens with zero attached hydrogens (tertiary/aromatic N) is 2. The Morgan fingerprint density at radius 2 is 2.20 bits per heavy atom. The first kappa shape index (κ1) is 10.8. The van der Waals surface area contributed by atoms with Gasteiger partial charge in [-0.15, -0.1) is 0 Å². The molecule has 0 aliphatic rings. The van der Waals surface area contributed by atoms with Crippen molar-refractivity contribution in [2.45, 2.75) is 10.9 Å². The molecule has 0 spiro atoms. The summed E-state index contributed by atoms with van der Waals surface area (Å²) in [6.45, 7) is 0. The molecule has 15 heavy (non-hydrogen) atoms. The summed E-state index contributed by atoms with van der Waals surface area (Å²) in [6, 6.07) is 3.42. The molecule has 0 amide bonds. The van der Waals surface area contributed by atoms with Gasteiger partial charge in [0.2, 0.25) is 0 Å². The number of thioether (sulfide) groups is 1. The first-order valence-electron chi connectivity index (χ1n) is 4.19. The van der Waals surface area contributed by atoms with Crippen molar-refractivity contribution in [3.63, 3.8) is 0 Å². The molecule has 2 aromatic rings. The third kappa shape index (κ3) is 2.87. The lowest BCUT2D eigenvalue weighted by Gasteiger charge is -2.01. The molecule has 0 bridgehead atoms. The molecule has 0 atom stereocenters. The van der Waals surface area contributed by atoms with Crippen LogP contribution in [-0.4, -0.2) is 15.0 Å². The molecule has 3 nitrogen and oxygen atoms in total. The van der Waals surface area contributed by atoms with Gasteiger partial charge in [0.05, 0.1) is 10.7 Å². The van der Waals surface area contributed by atoms with Crippen LogP contribution >= 0.6 is 35.0 Å². The van der Waals surface area contributed by atoms with Crippen LogP contribution in [-0.2, 0) is 5.75 Å². The van der Waals surface area contributed by atoms with Gasteiger partial charge < -0.3 is 4.98 Å². The van der Waals surface area contributed by atoms with Crippen molar-refractivity contribution in [2.75, 3.05) is 0 Å². The van der Waals surface area contributed by atoms with Gasteiger partial charge in [0, 0.05) is 18.1 Å². The zero-order valence-electron chi connectivity index (χ0n) is 7.58. The molecule has 0 aliphatic heterocycles. The average molecular weight is 260 g/mol. The van der Waals surface area contributed by atoms with E-state index in [1.54, 1.807) is 24.5 Å². The van der Waals surface area contributed by atoms with Crippen LogP contribution in [0, 0.1) is 0 Å². The Morgan fingerprint density at radius 3 is 2.93 bits per heavy atom. The minimum atomic E-state index is 0.453. The molecule has 0 fully saturated rings. The molecular formula is C9H7Cl2N3S. The van der Waals surface area contributed by atoms with E-state index in [0.29, 0.717) is 15.9 Å². The van der Waals surface area contributed by atoms with E-state index >= 15 is 0 Å². The summed E-state index contributed by atoms with van der Waals surface area (Å²) >= 11 is 13.3. The second-order valence-corrected chi connectivity index (χ2v) is 4.50. The number of rotatable bonds is 3. The second kappa shape index (κ2) is 4.88. The summed E-state index contributed by atoms with van der Waals surface area (Å²) in [5.74, 6) is 0.646. The third-order valence-electron chi connectivity index (χ3n) is 1.70. The maximum atomic E-state index is 5.97. The van der Waals surface area contributed by atoms with E-state index < -0.39 is 0 Å². The fourth-order valence-electron chi connectivity index (χ4n) is 1.03. The SMILES string of the molecule is Clc1ccc(Cl)c(CSc2ncc[nH]2)n1. The predicted molar refractivity (Wildman–Crippen MR) is 62.4 cm³/mol. The molecule has 0 unspecified atom stereocenters. The fourth-order valence-corrected chi connectivity index (χ4v) is 2.22. The van der Waals surface area contributed by atoms with Crippen LogP contribution in [0.25, 0.3) is 0 Å². The Labute approximate surface area is 101 Å². The molecular weight excluding hydrogens is 253 g/mol. The van der Waals surface area contributed by atoms with Crippen molar-refractivity contribution < 1.29 is 0 Å². The predicted octanol–water partition coefficient (Wildman–Crippen LogP) is 3.40. The van der Waals surface area contributed by atoms with Gasteiger partial charge in [-0.3, -0.25) is 0 Å². The zero-order chi connectivity index (χ0) is 10.7. The Bertz CT molecular complexity index is 445. The molecule has 2 aromatic heterocycles. The maximum absolute atomic E-state index is 5.97. The lowest BCUT2D eigenvalue weighted by atomic mass is 10.4. The van der Waals surface area contributed by atoms with Crippen LogP contribution in [0.3, 0.4) is 0 Å². The summed E-state index contributed by atoms with van der Waals surface area (Å²) in [4.78, 5) is 11.2. The van der Waals surface area contributed by atoms with Gasteiger partial charge in [0.25, 0.3) is 0 Å². The van der Waals surface area contributed by atoms with Gasteiger partial charge in [0.1, 0.15) is 5.15 Å². The van der Waals surface area contributed by atoms with Gasteiger partial charge in [-0.2, -0.15) is 0 Å². The largest absolute Gasteiger partial charge is 0.340 e. The number of imidazole rings is 1. The third-order valence-corrected chi connectivity index (χ3v) is 3.17. The summed E-state index contributed by atoms with van der Waals surface area (Å²) in [7, 11) is 0. The van der Waals surface area contributed by atoms with Crippen molar-refractivity contribution in [1.29, 1.82) is 0 Å².